The molecule has 0 saturated heterocycles. The molecular weight excluding hydrogens is 192 g/mol. The molecule has 0 aliphatic carbocycles. The number of hydrogen-bond acceptors (Lipinski definition) is 3. The molecule has 0 aliphatic heterocycles. The molecule has 2 heterocycles. The van der Waals surface area contributed by atoms with Gasteiger partial charge in [0, 0.05) is 24.0 Å². The van der Waals surface area contributed by atoms with Gasteiger partial charge in [0.05, 0.1) is 18.0 Å². The number of hydrogen-bond donors (Lipinski definition) is 2. The lowest BCUT2D eigenvalue weighted by molar-refractivity contribution is 0.277. The van der Waals surface area contributed by atoms with Crippen LogP contribution in [0.25, 0.3) is 11.4 Å². The minimum absolute atomic E-state index is 0.140. The van der Waals surface area contributed by atoms with Crippen LogP contribution in [0.3, 0.4) is 0 Å². The highest BCUT2D eigenvalue weighted by Crippen LogP contribution is 2.11. The predicted octanol–water partition coefficient (Wildman–Crippen LogP) is 0.929. The standard InChI is InChI=1S/C11H10N2O2/c14-7-8-5-9(15)6-11(13-8)10-3-1-2-4-12-10/h1-6,14H,7H2,(H,13,15). The van der Waals surface area contributed by atoms with Gasteiger partial charge in [0.1, 0.15) is 0 Å². The maximum atomic E-state index is 11.3. The molecule has 0 saturated carbocycles. The second-order valence-electron chi connectivity index (χ2n) is 3.13. The zero-order valence-corrected chi connectivity index (χ0v) is 7.97. The molecule has 2 aromatic rings. The number of rotatable bonds is 2. The normalized spacial score (nSPS) is 10.2. The van der Waals surface area contributed by atoms with E-state index in [-0.39, 0.29) is 12.0 Å². The summed E-state index contributed by atoms with van der Waals surface area (Å²) in [5.74, 6) is 0. The Labute approximate surface area is 86.2 Å². The highest BCUT2D eigenvalue weighted by atomic mass is 16.3. The molecule has 0 aromatic carbocycles. The number of aromatic amines is 1. The summed E-state index contributed by atoms with van der Waals surface area (Å²) >= 11 is 0. The Bertz CT molecular complexity index is 505. The molecular formula is C11H10N2O2. The Hall–Kier alpha value is -1.94. The van der Waals surface area contributed by atoms with E-state index in [2.05, 4.69) is 9.97 Å². The van der Waals surface area contributed by atoms with Crippen molar-refractivity contribution in [3.05, 3.63) is 52.4 Å². The van der Waals surface area contributed by atoms with Gasteiger partial charge in [-0.3, -0.25) is 9.78 Å². The van der Waals surface area contributed by atoms with E-state index >= 15 is 0 Å². The van der Waals surface area contributed by atoms with Crippen molar-refractivity contribution in [1.29, 1.82) is 0 Å². The van der Waals surface area contributed by atoms with Gasteiger partial charge in [0.15, 0.2) is 5.43 Å². The molecule has 15 heavy (non-hydrogen) atoms. The summed E-state index contributed by atoms with van der Waals surface area (Å²) in [6.07, 6.45) is 1.65. The summed E-state index contributed by atoms with van der Waals surface area (Å²) in [4.78, 5) is 18.3. The summed E-state index contributed by atoms with van der Waals surface area (Å²) in [6.45, 7) is -0.185. The van der Waals surface area contributed by atoms with Gasteiger partial charge in [-0.2, -0.15) is 0 Å². The summed E-state index contributed by atoms with van der Waals surface area (Å²) < 4.78 is 0. The lowest BCUT2D eigenvalue weighted by Crippen LogP contribution is -2.04. The van der Waals surface area contributed by atoms with E-state index < -0.39 is 0 Å². The van der Waals surface area contributed by atoms with Crippen molar-refractivity contribution in [2.75, 3.05) is 0 Å². The van der Waals surface area contributed by atoms with Crippen molar-refractivity contribution in [2.24, 2.45) is 0 Å². The maximum Gasteiger partial charge on any atom is 0.182 e. The molecule has 4 heteroatoms. The first-order chi connectivity index (χ1) is 7.29. The zero-order valence-electron chi connectivity index (χ0n) is 7.97. The van der Waals surface area contributed by atoms with Crippen molar-refractivity contribution in [3.8, 4) is 11.4 Å². The molecule has 0 amide bonds. The van der Waals surface area contributed by atoms with Crippen LogP contribution in [0.4, 0.5) is 0 Å². The summed E-state index contributed by atoms with van der Waals surface area (Å²) in [7, 11) is 0. The molecule has 2 N–H and O–H groups in total. The SMILES string of the molecule is O=c1cc(CO)[nH]c(-c2ccccn2)c1. The number of aromatic nitrogens is 2. The fourth-order valence-corrected chi connectivity index (χ4v) is 1.35. The zero-order chi connectivity index (χ0) is 10.7. The molecule has 2 rings (SSSR count). The lowest BCUT2D eigenvalue weighted by Gasteiger charge is -2.02. The van der Waals surface area contributed by atoms with Crippen LogP contribution in [0.1, 0.15) is 5.69 Å². The molecule has 0 aliphatic rings. The monoisotopic (exact) mass is 202 g/mol. The van der Waals surface area contributed by atoms with Crippen LogP contribution in [-0.2, 0) is 6.61 Å². The van der Waals surface area contributed by atoms with Crippen LogP contribution < -0.4 is 5.43 Å². The molecule has 0 radical (unpaired) electrons. The Kier molecular flexibility index (Phi) is 2.60. The third-order valence-corrected chi connectivity index (χ3v) is 2.01. The third-order valence-electron chi connectivity index (χ3n) is 2.01. The van der Waals surface area contributed by atoms with Gasteiger partial charge < -0.3 is 10.1 Å². The summed E-state index contributed by atoms with van der Waals surface area (Å²) in [5.41, 5.74) is 1.65. The third kappa shape index (κ3) is 2.11. The highest BCUT2D eigenvalue weighted by molar-refractivity contribution is 5.53. The molecule has 0 atom stereocenters. The average molecular weight is 202 g/mol. The van der Waals surface area contributed by atoms with Crippen molar-refractivity contribution >= 4 is 0 Å². The average Bonchev–Trinajstić information content (AvgIpc) is 2.29. The van der Waals surface area contributed by atoms with E-state index in [1.54, 1.807) is 18.3 Å². The van der Waals surface area contributed by atoms with Gasteiger partial charge >= 0.3 is 0 Å². The van der Waals surface area contributed by atoms with Crippen LogP contribution in [0.15, 0.2) is 41.3 Å². The summed E-state index contributed by atoms with van der Waals surface area (Å²) in [5, 5.41) is 8.94. The fourth-order valence-electron chi connectivity index (χ4n) is 1.35. The van der Waals surface area contributed by atoms with Crippen LogP contribution in [0, 0.1) is 0 Å². The Balaban J connectivity index is 2.54. The second-order valence-corrected chi connectivity index (χ2v) is 3.13. The van der Waals surface area contributed by atoms with E-state index in [1.165, 1.54) is 12.1 Å². The van der Waals surface area contributed by atoms with Gasteiger partial charge in [-0.25, -0.2) is 0 Å². The molecule has 4 nitrogen and oxygen atoms in total. The van der Waals surface area contributed by atoms with Gasteiger partial charge in [-0.1, -0.05) is 6.07 Å². The highest BCUT2D eigenvalue weighted by Gasteiger charge is 2.01. The topological polar surface area (TPSA) is 66.0 Å². The largest absolute Gasteiger partial charge is 0.390 e. The van der Waals surface area contributed by atoms with E-state index in [4.69, 9.17) is 5.11 Å². The minimum Gasteiger partial charge on any atom is -0.390 e. The van der Waals surface area contributed by atoms with Crippen LogP contribution >= 0.6 is 0 Å². The number of aliphatic hydroxyl groups excluding tert-OH is 1. The Morgan fingerprint density at radius 1 is 1.33 bits per heavy atom. The van der Waals surface area contributed by atoms with E-state index in [9.17, 15) is 4.79 Å². The molecule has 0 spiro atoms. The van der Waals surface area contributed by atoms with E-state index in [1.807, 2.05) is 6.07 Å². The molecule has 0 unspecified atom stereocenters. The predicted molar refractivity (Wildman–Crippen MR) is 56.2 cm³/mol. The first-order valence-electron chi connectivity index (χ1n) is 4.55. The van der Waals surface area contributed by atoms with Crippen molar-refractivity contribution in [1.82, 2.24) is 9.97 Å². The fraction of sp³-hybridized carbons (Fsp3) is 0.0909. The molecule has 2 aromatic heterocycles. The quantitative estimate of drug-likeness (QED) is 0.761. The number of nitrogens with zero attached hydrogens (tertiary/aromatic N) is 1. The number of pyridine rings is 2. The van der Waals surface area contributed by atoms with E-state index in [0.29, 0.717) is 17.1 Å². The van der Waals surface area contributed by atoms with Gasteiger partial charge in [0.2, 0.25) is 0 Å². The number of H-pyrrole nitrogens is 1. The Morgan fingerprint density at radius 3 is 2.87 bits per heavy atom. The van der Waals surface area contributed by atoms with Gasteiger partial charge in [0.25, 0.3) is 0 Å². The molecule has 76 valence electrons. The first-order valence-corrected chi connectivity index (χ1v) is 4.55. The number of aliphatic hydroxyl groups is 1. The van der Waals surface area contributed by atoms with Crippen molar-refractivity contribution in [2.45, 2.75) is 6.61 Å². The first kappa shape index (κ1) is 9.61. The van der Waals surface area contributed by atoms with Crippen LogP contribution in [0.5, 0.6) is 0 Å². The van der Waals surface area contributed by atoms with Crippen LogP contribution in [0.2, 0.25) is 0 Å². The molecule has 0 bridgehead atoms. The van der Waals surface area contributed by atoms with Crippen LogP contribution in [-0.4, -0.2) is 15.1 Å². The van der Waals surface area contributed by atoms with Crippen molar-refractivity contribution < 1.29 is 5.11 Å². The maximum absolute atomic E-state index is 11.3. The van der Waals surface area contributed by atoms with Gasteiger partial charge in [-0.05, 0) is 12.1 Å². The minimum atomic E-state index is -0.185. The van der Waals surface area contributed by atoms with Crippen molar-refractivity contribution in [3.63, 3.8) is 0 Å². The second kappa shape index (κ2) is 4.06. The molecule has 0 fully saturated rings. The van der Waals surface area contributed by atoms with E-state index in [0.717, 1.165) is 0 Å². The number of nitrogens with one attached hydrogen (secondary N) is 1. The summed E-state index contributed by atoms with van der Waals surface area (Å²) in [6, 6.07) is 8.27. The van der Waals surface area contributed by atoms with Gasteiger partial charge in [-0.15, -0.1) is 0 Å². The lowest BCUT2D eigenvalue weighted by atomic mass is 10.2. The smallest absolute Gasteiger partial charge is 0.182 e. The Morgan fingerprint density at radius 2 is 2.20 bits per heavy atom.